The van der Waals surface area contributed by atoms with E-state index in [1.54, 1.807) is 0 Å². The third-order valence-electron chi connectivity index (χ3n) is 3.19. The van der Waals surface area contributed by atoms with E-state index in [0.29, 0.717) is 12.1 Å². The first-order chi connectivity index (χ1) is 8.74. The van der Waals surface area contributed by atoms with Gasteiger partial charge in [0.15, 0.2) is 0 Å². The molecule has 1 aliphatic rings. The molecule has 2 aromatic rings. The Kier molecular flexibility index (Phi) is 2.87. The molecule has 0 unspecified atom stereocenters. The van der Waals surface area contributed by atoms with Crippen molar-refractivity contribution < 1.29 is 4.74 Å². The molecule has 6 heteroatoms. The number of hydrogen-bond acceptors (Lipinski definition) is 4. The summed E-state index contributed by atoms with van der Waals surface area (Å²) in [5, 5.41) is 12.8. The van der Waals surface area contributed by atoms with Crippen molar-refractivity contribution in [2.75, 3.05) is 13.2 Å². The lowest BCUT2D eigenvalue weighted by atomic mass is 10.2. The Balaban J connectivity index is 1.83. The molecule has 0 spiro atoms. The van der Waals surface area contributed by atoms with Gasteiger partial charge in [-0.2, -0.15) is 5.10 Å². The van der Waals surface area contributed by atoms with Crippen LogP contribution in [-0.4, -0.2) is 38.0 Å². The Morgan fingerprint density at radius 2 is 2.28 bits per heavy atom. The summed E-state index contributed by atoms with van der Waals surface area (Å²) in [4.78, 5) is 0. The van der Waals surface area contributed by atoms with Crippen LogP contribution in [0.5, 0.6) is 0 Å². The van der Waals surface area contributed by atoms with E-state index < -0.39 is 0 Å². The Morgan fingerprint density at radius 1 is 1.39 bits per heavy atom. The zero-order chi connectivity index (χ0) is 12.5. The Morgan fingerprint density at radius 3 is 2.94 bits per heavy atom. The molecule has 0 N–H and O–H groups in total. The van der Waals surface area contributed by atoms with Gasteiger partial charge in [-0.05, 0) is 26.3 Å². The standard InChI is InChI=1S/C12H17N5O/c1-9(2)16-5-3-11(14-16)12-7-17(15-13-12)10-4-6-18-8-10/h3,5,7,9-10H,4,6,8H2,1-2H3/t10-/m1/s1. The predicted octanol–water partition coefficient (Wildman–Crippen LogP) is 1.68. The van der Waals surface area contributed by atoms with E-state index >= 15 is 0 Å². The lowest BCUT2D eigenvalue weighted by molar-refractivity contribution is 0.184. The monoisotopic (exact) mass is 247 g/mol. The molecule has 0 aliphatic carbocycles. The van der Waals surface area contributed by atoms with Crippen LogP contribution in [0.3, 0.4) is 0 Å². The number of nitrogens with zero attached hydrogens (tertiary/aromatic N) is 5. The molecule has 3 rings (SSSR count). The quantitative estimate of drug-likeness (QED) is 0.828. The van der Waals surface area contributed by atoms with Gasteiger partial charge in [-0.1, -0.05) is 5.21 Å². The Bertz CT molecular complexity index is 524. The van der Waals surface area contributed by atoms with Crippen molar-refractivity contribution in [2.24, 2.45) is 0 Å². The van der Waals surface area contributed by atoms with Crippen molar-refractivity contribution in [3.05, 3.63) is 18.5 Å². The average molecular weight is 247 g/mol. The fraction of sp³-hybridized carbons (Fsp3) is 0.583. The maximum atomic E-state index is 5.35. The summed E-state index contributed by atoms with van der Waals surface area (Å²) < 4.78 is 9.16. The maximum Gasteiger partial charge on any atom is 0.133 e. The number of hydrogen-bond donors (Lipinski definition) is 0. The molecular weight excluding hydrogens is 230 g/mol. The molecule has 0 saturated carbocycles. The van der Waals surface area contributed by atoms with Gasteiger partial charge < -0.3 is 4.74 Å². The predicted molar refractivity (Wildman–Crippen MR) is 66.1 cm³/mol. The normalized spacial score (nSPS) is 19.8. The van der Waals surface area contributed by atoms with E-state index in [-0.39, 0.29) is 0 Å². The van der Waals surface area contributed by atoms with Gasteiger partial charge in [0.2, 0.25) is 0 Å². The Hall–Kier alpha value is -1.69. The summed E-state index contributed by atoms with van der Waals surface area (Å²) in [5.41, 5.74) is 1.69. The first-order valence-electron chi connectivity index (χ1n) is 6.29. The molecule has 6 nitrogen and oxygen atoms in total. The minimum atomic E-state index is 0.318. The highest BCUT2D eigenvalue weighted by atomic mass is 16.5. The van der Waals surface area contributed by atoms with Crippen LogP contribution in [0, 0.1) is 0 Å². The highest BCUT2D eigenvalue weighted by molar-refractivity contribution is 5.51. The summed E-state index contributed by atoms with van der Waals surface area (Å²) >= 11 is 0. The molecule has 1 saturated heterocycles. The van der Waals surface area contributed by atoms with Crippen molar-refractivity contribution in [3.63, 3.8) is 0 Å². The van der Waals surface area contributed by atoms with Crippen molar-refractivity contribution in [1.29, 1.82) is 0 Å². The molecule has 96 valence electrons. The van der Waals surface area contributed by atoms with Crippen LogP contribution < -0.4 is 0 Å². The largest absolute Gasteiger partial charge is 0.379 e. The summed E-state index contributed by atoms with van der Waals surface area (Å²) in [5.74, 6) is 0. The second-order valence-electron chi connectivity index (χ2n) is 4.88. The van der Waals surface area contributed by atoms with Gasteiger partial charge in [0.1, 0.15) is 11.4 Å². The first-order valence-corrected chi connectivity index (χ1v) is 6.29. The first kappa shape index (κ1) is 11.4. The fourth-order valence-electron chi connectivity index (χ4n) is 2.07. The lowest BCUT2D eigenvalue weighted by Crippen LogP contribution is -2.08. The molecule has 0 amide bonds. The van der Waals surface area contributed by atoms with E-state index in [0.717, 1.165) is 31.0 Å². The SMILES string of the molecule is CC(C)n1ccc(-c2cn([C@@H]3CCOC3)nn2)n1. The number of aromatic nitrogens is 5. The molecule has 2 aromatic heterocycles. The third-order valence-corrected chi connectivity index (χ3v) is 3.19. The van der Waals surface area contributed by atoms with Gasteiger partial charge in [-0.25, -0.2) is 4.68 Å². The van der Waals surface area contributed by atoms with E-state index in [1.807, 2.05) is 27.8 Å². The van der Waals surface area contributed by atoms with Crippen molar-refractivity contribution in [1.82, 2.24) is 24.8 Å². The van der Waals surface area contributed by atoms with E-state index in [4.69, 9.17) is 4.74 Å². The van der Waals surface area contributed by atoms with Crippen LogP contribution in [0.25, 0.3) is 11.4 Å². The summed E-state index contributed by atoms with van der Waals surface area (Å²) in [6.07, 6.45) is 4.92. The summed E-state index contributed by atoms with van der Waals surface area (Å²) in [6.45, 7) is 5.73. The number of ether oxygens (including phenoxy) is 1. The molecule has 18 heavy (non-hydrogen) atoms. The van der Waals surface area contributed by atoms with Gasteiger partial charge in [0.25, 0.3) is 0 Å². The van der Waals surface area contributed by atoms with Crippen LogP contribution in [0.4, 0.5) is 0 Å². The second-order valence-corrected chi connectivity index (χ2v) is 4.88. The molecule has 1 atom stereocenters. The molecule has 0 radical (unpaired) electrons. The highest BCUT2D eigenvalue weighted by Gasteiger charge is 2.19. The minimum Gasteiger partial charge on any atom is -0.379 e. The smallest absolute Gasteiger partial charge is 0.133 e. The maximum absolute atomic E-state index is 5.35. The third kappa shape index (κ3) is 2.03. The number of rotatable bonds is 3. The zero-order valence-electron chi connectivity index (χ0n) is 10.7. The van der Waals surface area contributed by atoms with E-state index in [1.165, 1.54) is 0 Å². The summed E-state index contributed by atoms with van der Waals surface area (Å²) in [7, 11) is 0. The Labute approximate surface area is 106 Å². The molecule has 1 aliphatic heterocycles. The van der Waals surface area contributed by atoms with Gasteiger partial charge in [-0.15, -0.1) is 5.10 Å². The molecule has 0 aromatic carbocycles. The van der Waals surface area contributed by atoms with Gasteiger partial charge >= 0.3 is 0 Å². The van der Waals surface area contributed by atoms with Crippen LogP contribution in [-0.2, 0) is 4.74 Å². The second kappa shape index (κ2) is 4.53. The average Bonchev–Trinajstić information content (AvgIpc) is 3.10. The summed E-state index contributed by atoms with van der Waals surface area (Å²) in [6, 6.07) is 2.65. The molecule has 3 heterocycles. The highest BCUT2D eigenvalue weighted by Crippen LogP contribution is 2.21. The zero-order valence-corrected chi connectivity index (χ0v) is 10.7. The van der Waals surface area contributed by atoms with Gasteiger partial charge in [0.05, 0.1) is 18.8 Å². The molecule has 0 bridgehead atoms. The van der Waals surface area contributed by atoms with E-state index in [2.05, 4.69) is 29.3 Å². The topological polar surface area (TPSA) is 57.8 Å². The van der Waals surface area contributed by atoms with Crippen LogP contribution >= 0.6 is 0 Å². The van der Waals surface area contributed by atoms with E-state index in [9.17, 15) is 0 Å². The van der Waals surface area contributed by atoms with Gasteiger partial charge in [-0.3, -0.25) is 4.68 Å². The molecule has 1 fully saturated rings. The lowest BCUT2D eigenvalue weighted by Gasteiger charge is -2.05. The van der Waals surface area contributed by atoms with Crippen LogP contribution in [0.2, 0.25) is 0 Å². The minimum absolute atomic E-state index is 0.318. The van der Waals surface area contributed by atoms with Gasteiger partial charge in [0, 0.05) is 18.8 Å². The van der Waals surface area contributed by atoms with Crippen molar-refractivity contribution in [2.45, 2.75) is 32.4 Å². The van der Waals surface area contributed by atoms with Crippen LogP contribution in [0.15, 0.2) is 18.5 Å². The molecular formula is C12H17N5O. The fourth-order valence-corrected chi connectivity index (χ4v) is 2.07. The van der Waals surface area contributed by atoms with Crippen molar-refractivity contribution >= 4 is 0 Å². The van der Waals surface area contributed by atoms with Crippen molar-refractivity contribution in [3.8, 4) is 11.4 Å². The van der Waals surface area contributed by atoms with Crippen LogP contribution in [0.1, 0.15) is 32.4 Å².